The van der Waals surface area contributed by atoms with Crippen LogP contribution in [-0.4, -0.2) is 108 Å². The molecule has 1 saturated carbocycles. The first-order valence-electron chi connectivity index (χ1n) is 18.9. The molecule has 0 aromatic rings. The van der Waals surface area contributed by atoms with E-state index in [1.807, 2.05) is 0 Å². The van der Waals surface area contributed by atoms with Crippen molar-refractivity contribution in [2.24, 2.45) is 0 Å². The summed E-state index contributed by atoms with van der Waals surface area (Å²) in [5, 5.41) is 73.8. The van der Waals surface area contributed by atoms with E-state index in [2.05, 4.69) is 31.3 Å². The van der Waals surface area contributed by atoms with Crippen LogP contribution in [-0.2, 0) is 18.4 Å². The summed E-state index contributed by atoms with van der Waals surface area (Å²) in [5.74, 6) is -0.608. The van der Waals surface area contributed by atoms with Crippen molar-refractivity contribution in [1.82, 2.24) is 5.32 Å². The molecule has 14 heteroatoms. The van der Waals surface area contributed by atoms with Crippen LogP contribution >= 0.6 is 7.82 Å². The number of nitrogens with one attached hydrogen (secondary N) is 1. The average molecular weight is 738 g/mol. The maximum Gasteiger partial charge on any atom is 0.472 e. The first-order chi connectivity index (χ1) is 23.8. The second kappa shape index (κ2) is 27.4. The van der Waals surface area contributed by atoms with Crippen LogP contribution in [0.2, 0.25) is 0 Å². The minimum absolute atomic E-state index is 0.251. The van der Waals surface area contributed by atoms with Gasteiger partial charge in [0.25, 0.3) is 0 Å². The van der Waals surface area contributed by atoms with E-state index in [0.29, 0.717) is 12.8 Å². The molecule has 1 fully saturated rings. The molecule has 50 heavy (non-hydrogen) atoms. The van der Waals surface area contributed by atoms with Gasteiger partial charge in [0.1, 0.15) is 36.6 Å². The average Bonchev–Trinajstić information content (AvgIpc) is 3.08. The second-order valence-corrected chi connectivity index (χ2v) is 15.0. The molecule has 1 amide bonds. The number of phosphoric ester groups is 1. The molecule has 0 bridgehead atoms. The van der Waals surface area contributed by atoms with Crippen LogP contribution < -0.4 is 5.32 Å². The van der Waals surface area contributed by atoms with Crippen molar-refractivity contribution in [3.63, 3.8) is 0 Å². The zero-order valence-corrected chi connectivity index (χ0v) is 31.2. The molecule has 0 saturated heterocycles. The molecule has 0 aromatic carbocycles. The van der Waals surface area contributed by atoms with E-state index in [0.717, 1.165) is 44.9 Å². The van der Waals surface area contributed by atoms with Crippen LogP contribution in [0.1, 0.15) is 136 Å². The van der Waals surface area contributed by atoms with Crippen molar-refractivity contribution < 1.29 is 59.0 Å². The number of unbranched alkanes of at least 4 members (excludes halogenated alkanes) is 14. The first kappa shape index (κ1) is 46.8. The van der Waals surface area contributed by atoms with Crippen LogP contribution in [0, 0.1) is 0 Å². The summed E-state index contributed by atoms with van der Waals surface area (Å²) in [6.45, 7) is 3.62. The van der Waals surface area contributed by atoms with Crippen LogP contribution in [0.4, 0.5) is 0 Å². The molecule has 9 N–H and O–H groups in total. The Labute approximate surface area is 299 Å². The van der Waals surface area contributed by atoms with Crippen molar-refractivity contribution in [2.45, 2.75) is 191 Å². The molecule has 0 heterocycles. The standard InChI is InChI=1S/C36H68NO12P/c1-3-5-7-9-11-13-15-17-19-21-23-27(38)25-30(40)37-28(29(39)24-22-20-18-16-14-12-10-8-6-4-2)26-48-50(46,47)49-36-34(44)32(42)31(41)33(43)35(36)45/h14,16,22,24,27-29,31-36,38-39,41-45H,3-13,15,17-21,23,25-26H2,1-2H3,(H,37,40)(H,46,47)/b16-14+,24-22+. The molecular formula is C36H68NO12P. The van der Waals surface area contributed by atoms with Crippen molar-refractivity contribution in [3.8, 4) is 0 Å². The molecule has 1 rings (SSSR count). The van der Waals surface area contributed by atoms with Crippen molar-refractivity contribution in [2.75, 3.05) is 6.61 Å². The third kappa shape index (κ3) is 20.1. The molecule has 0 aliphatic heterocycles. The largest absolute Gasteiger partial charge is 0.472 e. The fraction of sp³-hybridized carbons (Fsp3) is 0.861. The molecule has 8 atom stereocenters. The molecule has 13 nitrogen and oxygen atoms in total. The summed E-state index contributed by atoms with van der Waals surface area (Å²) in [5.41, 5.74) is 0. The fourth-order valence-electron chi connectivity index (χ4n) is 5.84. The summed E-state index contributed by atoms with van der Waals surface area (Å²) in [6, 6.07) is -1.25. The first-order valence-corrected chi connectivity index (χ1v) is 20.4. The Hall–Kier alpha value is -1.22. The van der Waals surface area contributed by atoms with Crippen LogP contribution in [0.5, 0.6) is 0 Å². The van der Waals surface area contributed by atoms with Gasteiger partial charge in [-0.15, -0.1) is 0 Å². The van der Waals surface area contributed by atoms with Crippen LogP contribution in [0.25, 0.3) is 0 Å². The van der Waals surface area contributed by atoms with Gasteiger partial charge in [-0.25, -0.2) is 4.57 Å². The van der Waals surface area contributed by atoms with E-state index in [4.69, 9.17) is 9.05 Å². The maximum atomic E-state index is 12.8. The maximum absolute atomic E-state index is 12.8. The van der Waals surface area contributed by atoms with E-state index >= 15 is 0 Å². The van der Waals surface area contributed by atoms with E-state index < -0.39 is 75.2 Å². The lowest BCUT2D eigenvalue weighted by Gasteiger charge is -2.41. The second-order valence-electron chi connectivity index (χ2n) is 13.6. The van der Waals surface area contributed by atoms with Gasteiger partial charge in [0.2, 0.25) is 5.91 Å². The van der Waals surface area contributed by atoms with Gasteiger partial charge in [-0.1, -0.05) is 122 Å². The molecule has 8 unspecified atom stereocenters. The number of amides is 1. The van der Waals surface area contributed by atoms with E-state index in [9.17, 15) is 50.0 Å². The smallest absolute Gasteiger partial charge is 0.393 e. The number of allylic oxidation sites excluding steroid dienone is 3. The summed E-state index contributed by atoms with van der Waals surface area (Å²) in [6.07, 6.45) is 11.7. The van der Waals surface area contributed by atoms with Crippen LogP contribution in [0.3, 0.4) is 0 Å². The summed E-state index contributed by atoms with van der Waals surface area (Å²) < 4.78 is 22.6. The van der Waals surface area contributed by atoms with Gasteiger partial charge in [-0.05, 0) is 32.1 Å². The number of rotatable bonds is 29. The Morgan fingerprint density at radius 2 is 1.18 bits per heavy atom. The Balaban J connectivity index is 2.71. The third-order valence-corrected chi connectivity index (χ3v) is 10.0. The monoisotopic (exact) mass is 737 g/mol. The molecule has 1 aliphatic carbocycles. The van der Waals surface area contributed by atoms with E-state index in [-0.39, 0.29) is 6.42 Å². The highest BCUT2D eigenvalue weighted by molar-refractivity contribution is 7.47. The molecular weight excluding hydrogens is 669 g/mol. The fourth-order valence-corrected chi connectivity index (χ4v) is 6.81. The highest BCUT2D eigenvalue weighted by atomic mass is 31.2. The summed E-state index contributed by atoms with van der Waals surface area (Å²) in [7, 11) is -5.13. The normalized spacial score (nSPS) is 25.9. The lowest BCUT2D eigenvalue weighted by atomic mass is 9.85. The highest BCUT2D eigenvalue weighted by Gasteiger charge is 2.51. The third-order valence-electron chi connectivity index (χ3n) is 9.04. The summed E-state index contributed by atoms with van der Waals surface area (Å²) >= 11 is 0. The van der Waals surface area contributed by atoms with Gasteiger partial charge in [-0.2, -0.15) is 0 Å². The van der Waals surface area contributed by atoms with Crippen LogP contribution in [0.15, 0.2) is 24.3 Å². The minimum Gasteiger partial charge on any atom is -0.393 e. The Morgan fingerprint density at radius 1 is 0.700 bits per heavy atom. The predicted octanol–water partition coefficient (Wildman–Crippen LogP) is 4.08. The zero-order chi connectivity index (χ0) is 37.4. The minimum atomic E-state index is -5.13. The number of aliphatic hydroxyl groups is 7. The molecule has 294 valence electrons. The molecule has 0 radical (unpaired) electrons. The Kier molecular flexibility index (Phi) is 25.6. The lowest BCUT2D eigenvalue weighted by Crippen LogP contribution is -2.64. The molecule has 0 aromatic heterocycles. The van der Waals surface area contributed by atoms with Gasteiger partial charge >= 0.3 is 7.82 Å². The van der Waals surface area contributed by atoms with Crippen molar-refractivity contribution >= 4 is 13.7 Å². The van der Waals surface area contributed by atoms with Gasteiger partial charge in [0, 0.05) is 0 Å². The highest BCUT2D eigenvalue weighted by Crippen LogP contribution is 2.47. The Morgan fingerprint density at radius 3 is 1.76 bits per heavy atom. The van der Waals surface area contributed by atoms with E-state index in [1.165, 1.54) is 63.9 Å². The van der Waals surface area contributed by atoms with Gasteiger partial charge in [-0.3, -0.25) is 13.8 Å². The van der Waals surface area contributed by atoms with Crippen molar-refractivity contribution in [1.29, 1.82) is 0 Å². The van der Waals surface area contributed by atoms with Crippen molar-refractivity contribution in [3.05, 3.63) is 24.3 Å². The Bertz CT molecular complexity index is 969. The number of carbonyl (C=O) groups excluding carboxylic acids is 1. The number of phosphoric acid groups is 1. The van der Waals surface area contributed by atoms with Gasteiger partial charge in [0.05, 0.1) is 31.3 Å². The zero-order valence-electron chi connectivity index (χ0n) is 30.3. The number of hydrogen-bond donors (Lipinski definition) is 9. The summed E-state index contributed by atoms with van der Waals surface area (Å²) in [4.78, 5) is 23.2. The lowest BCUT2D eigenvalue weighted by molar-refractivity contribution is -0.220. The number of carbonyl (C=O) groups is 1. The van der Waals surface area contributed by atoms with Gasteiger partial charge < -0.3 is 46.0 Å². The molecule has 0 spiro atoms. The van der Waals surface area contributed by atoms with Gasteiger partial charge in [0.15, 0.2) is 0 Å². The SMILES string of the molecule is CCCCCC/C=C/CC/C=C/C(O)C(COP(=O)(O)OC1C(O)C(O)C(O)C(O)C1O)NC(=O)CC(O)CCCCCCCCCCCC. The molecule has 1 aliphatic rings. The topological polar surface area (TPSA) is 226 Å². The van der Waals surface area contributed by atoms with E-state index in [1.54, 1.807) is 6.08 Å². The predicted molar refractivity (Wildman–Crippen MR) is 192 cm³/mol. The number of hydrogen-bond acceptors (Lipinski definition) is 11. The quantitative estimate of drug-likeness (QED) is 0.0301. The number of aliphatic hydroxyl groups excluding tert-OH is 7.